The number of ether oxygens (including phenoxy) is 1. The second kappa shape index (κ2) is 7.11. The number of carbonyl (C=O) groups is 1. The van der Waals surface area contributed by atoms with Crippen molar-refractivity contribution in [1.29, 1.82) is 5.26 Å². The third-order valence-corrected chi connectivity index (χ3v) is 3.44. The highest BCUT2D eigenvalue weighted by Gasteiger charge is 2.20. The van der Waals surface area contributed by atoms with Crippen molar-refractivity contribution in [2.45, 2.75) is 46.0 Å². The normalized spacial score (nSPS) is 19.5. The summed E-state index contributed by atoms with van der Waals surface area (Å²) in [5.41, 5.74) is 0.157. The van der Waals surface area contributed by atoms with Crippen LogP contribution >= 0.6 is 0 Å². The predicted molar refractivity (Wildman–Crippen MR) is 66.1 cm³/mol. The molecule has 0 heterocycles. The van der Waals surface area contributed by atoms with E-state index in [2.05, 4.69) is 6.92 Å². The average Bonchev–Trinajstić information content (AvgIpc) is 2.37. The summed E-state index contributed by atoms with van der Waals surface area (Å²) in [6, 6.07) is 1.94. The third-order valence-electron chi connectivity index (χ3n) is 3.44. The molecule has 1 saturated carbocycles. The molecule has 1 rings (SSSR count). The van der Waals surface area contributed by atoms with Crippen LogP contribution in [0.15, 0.2) is 11.6 Å². The number of allylic oxidation sites excluding steroid dienone is 1. The molecule has 1 atom stereocenters. The van der Waals surface area contributed by atoms with Gasteiger partial charge in [-0.25, -0.2) is 4.79 Å². The lowest BCUT2D eigenvalue weighted by atomic mass is 9.80. The molecule has 0 aromatic heterocycles. The Labute approximate surface area is 103 Å². The van der Waals surface area contributed by atoms with Crippen LogP contribution in [0.25, 0.3) is 0 Å². The van der Waals surface area contributed by atoms with Crippen LogP contribution in [-0.2, 0) is 9.53 Å². The Kier molecular flexibility index (Phi) is 5.76. The third kappa shape index (κ3) is 4.22. The molecule has 0 N–H and O–H groups in total. The minimum Gasteiger partial charge on any atom is -0.462 e. The highest BCUT2D eigenvalue weighted by atomic mass is 16.5. The molecule has 0 saturated heterocycles. The van der Waals surface area contributed by atoms with Gasteiger partial charge in [-0.3, -0.25) is 0 Å². The highest BCUT2D eigenvalue weighted by molar-refractivity contribution is 5.92. The number of hydrogen-bond acceptors (Lipinski definition) is 3. The number of nitriles is 1. The van der Waals surface area contributed by atoms with E-state index in [1.54, 1.807) is 13.0 Å². The molecule has 0 spiro atoms. The molecular formula is C14H21NO2. The van der Waals surface area contributed by atoms with Crippen molar-refractivity contribution in [3.05, 3.63) is 11.6 Å². The summed E-state index contributed by atoms with van der Waals surface area (Å²) in [4.78, 5) is 11.5. The van der Waals surface area contributed by atoms with Crippen molar-refractivity contribution in [2.75, 3.05) is 6.61 Å². The molecule has 1 unspecified atom stereocenters. The summed E-state index contributed by atoms with van der Waals surface area (Å²) < 4.78 is 4.85. The molecule has 0 aromatic rings. The molecule has 94 valence electrons. The minimum atomic E-state index is -0.488. The van der Waals surface area contributed by atoms with Crippen molar-refractivity contribution >= 4 is 5.97 Å². The topological polar surface area (TPSA) is 50.1 Å². The largest absolute Gasteiger partial charge is 0.462 e. The molecule has 1 aliphatic rings. The lowest BCUT2D eigenvalue weighted by Crippen LogP contribution is -2.15. The van der Waals surface area contributed by atoms with Gasteiger partial charge in [0.2, 0.25) is 0 Å². The Morgan fingerprint density at radius 2 is 2.12 bits per heavy atom. The second-order valence-electron chi connectivity index (χ2n) is 4.67. The van der Waals surface area contributed by atoms with Gasteiger partial charge >= 0.3 is 5.97 Å². The van der Waals surface area contributed by atoms with Crippen molar-refractivity contribution in [1.82, 2.24) is 0 Å². The smallest absolute Gasteiger partial charge is 0.348 e. The van der Waals surface area contributed by atoms with Gasteiger partial charge < -0.3 is 4.74 Å². The van der Waals surface area contributed by atoms with E-state index in [1.807, 2.05) is 6.07 Å². The second-order valence-corrected chi connectivity index (χ2v) is 4.67. The first-order chi connectivity index (χ1) is 8.19. The van der Waals surface area contributed by atoms with Crippen LogP contribution < -0.4 is 0 Å². The van der Waals surface area contributed by atoms with Crippen LogP contribution in [0, 0.1) is 23.2 Å². The molecule has 3 nitrogen and oxygen atoms in total. The van der Waals surface area contributed by atoms with E-state index in [9.17, 15) is 4.79 Å². The number of carbonyl (C=O) groups excluding carboxylic acids is 1. The van der Waals surface area contributed by atoms with Crippen molar-refractivity contribution in [2.24, 2.45) is 11.8 Å². The molecule has 1 fully saturated rings. The summed E-state index contributed by atoms with van der Waals surface area (Å²) in [6.45, 7) is 4.15. The van der Waals surface area contributed by atoms with E-state index in [1.165, 1.54) is 32.1 Å². The van der Waals surface area contributed by atoms with Gasteiger partial charge in [0.25, 0.3) is 0 Å². The van der Waals surface area contributed by atoms with E-state index in [-0.39, 0.29) is 11.5 Å². The van der Waals surface area contributed by atoms with Gasteiger partial charge in [0.05, 0.1) is 6.61 Å². The van der Waals surface area contributed by atoms with Gasteiger partial charge in [0, 0.05) is 0 Å². The van der Waals surface area contributed by atoms with E-state index < -0.39 is 5.97 Å². The lowest BCUT2D eigenvalue weighted by molar-refractivity contribution is -0.138. The zero-order chi connectivity index (χ0) is 12.7. The average molecular weight is 235 g/mol. The summed E-state index contributed by atoms with van der Waals surface area (Å²) in [5.74, 6) is 0.411. The van der Waals surface area contributed by atoms with Crippen LogP contribution in [0.5, 0.6) is 0 Å². The van der Waals surface area contributed by atoms with Crippen molar-refractivity contribution in [3.63, 3.8) is 0 Å². The van der Waals surface area contributed by atoms with Crippen LogP contribution in [0.2, 0.25) is 0 Å². The summed E-state index contributed by atoms with van der Waals surface area (Å²) in [6.07, 6.45) is 8.05. The fourth-order valence-corrected chi connectivity index (χ4v) is 2.42. The van der Waals surface area contributed by atoms with Gasteiger partial charge in [-0.15, -0.1) is 0 Å². The molecule has 0 aliphatic heterocycles. The van der Waals surface area contributed by atoms with Crippen LogP contribution in [0.1, 0.15) is 46.0 Å². The molecule has 0 radical (unpaired) electrons. The van der Waals surface area contributed by atoms with Crippen molar-refractivity contribution < 1.29 is 9.53 Å². The van der Waals surface area contributed by atoms with Gasteiger partial charge in [0.15, 0.2) is 0 Å². The van der Waals surface area contributed by atoms with Crippen LogP contribution in [-0.4, -0.2) is 12.6 Å². The fraction of sp³-hybridized carbons (Fsp3) is 0.714. The molecular weight excluding hydrogens is 214 g/mol. The maximum Gasteiger partial charge on any atom is 0.348 e. The predicted octanol–water partition coefficient (Wildman–Crippen LogP) is 3.22. The quantitative estimate of drug-likeness (QED) is 0.427. The Morgan fingerprint density at radius 3 is 2.65 bits per heavy atom. The highest BCUT2D eigenvalue weighted by Crippen LogP contribution is 2.31. The molecule has 0 aromatic carbocycles. The van der Waals surface area contributed by atoms with E-state index in [0.717, 1.165) is 0 Å². The fourth-order valence-electron chi connectivity index (χ4n) is 2.42. The van der Waals surface area contributed by atoms with E-state index >= 15 is 0 Å². The number of hydrogen-bond donors (Lipinski definition) is 0. The van der Waals surface area contributed by atoms with Crippen LogP contribution in [0.4, 0.5) is 0 Å². The van der Waals surface area contributed by atoms with Crippen LogP contribution in [0.3, 0.4) is 0 Å². The SMILES string of the molecule is CCOC(=O)/C(C#N)=C\C(C)C1CCCCC1. The van der Waals surface area contributed by atoms with Gasteiger partial charge in [0.1, 0.15) is 11.6 Å². The van der Waals surface area contributed by atoms with E-state index in [4.69, 9.17) is 10.00 Å². The Hall–Kier alpha value is -1.30. The molecule has 1 aliphatic carbocycles. The minimum absolute atomic E-state index is 0.157. The summed E-state index contributed by atoms with van der Waals surface area (Å²) >= 11 is 0. The summed E-state index contributed by atoms with van der Waals surface area (Å²) in [7, 11) is 0. The number of esters is 1. The zero-order valence-corrected chi connectivity index (χ0v) is 10.7. The van der Waals surface area contributed by atoms with Crippen molar-refractivity contribution in [3.8, 4) is 6.07 Å². The Balaban J connectivity index is 2.63. The van der Waals surface area contributed by atoms with E-state index in [0.29, 0.717) is 12.5 Å². The first-order valence-electron chi connectivity index (χ1n) is 6.48. The molecule has 0 bridgehead atoms. The number of nitrogens with zero attached hydrogens (tertiary/aromatic N) is 1. The van der Waals surface area contributed by atoms with Gasteiger partial charge in [-0.2, -0.15) is 5.26 Å². The molecule has 0 amide bonds. The Bertz CT molecular complexity index is 322. The lowest BCUT2D eigenvalue weighted by Gasteiger charge is -2.25. The maximum atomic E-state index is 11.5. The first-order valence-corrected chi connectivity index (χ1v) is 6.48. The maximum absolute atomic E-state index is 11.5. The molecule has 3 heteroatoms. The summed E-state index contributed by atoms with van der Waals surface area (Å²) in [5, 5.41) is 8.95. The molecule has 17 heavy (non-hydrogen) atoms. The first kappa shape index (κ1) is 13.8. The Morgan fingerprint density at radius 1 is 1.47 bits per heavy atom. The van der Waals surface area contributed by atoms with Gasteiger partial charge in [-0.05, 0) is 31.6 Å². The standard InChI is InChI=1S/C14H21NO2/c1-3-17-14(16)13(10-15)9-11(2)12-7-5-4-6-8-12/h9,11-12H,3-8H2,1-2H3/b13-9-. The monoisotopic (exact) mass is 235 g/mol. The number of rotatable bonds is 4. The zero-order valence-electron chi connectivity index (χ0n) is 10.7. The van der Waals surface area contributed by atoms with Gasteiger partial charge in [-0.1, -0.05) is 32.3 Å².